The molecule has 5 rings (SSSR count). The molecule has 4 aromatic rings. The summed E-state index contributed by atoms with van der Waals surface area (Å²) in [7, 11) is 0. The Morgan fingerprint density at radius 3 is 2.52 bits per heavy atom. The Balaban J connectivity index is 1.32. The van der Waals surface area contributed by atoms with Crippen molar-refractivity contribution in [3.63, 3.8) is 0 Å². The second kappa shape index (κ2) is 7.54. The molecule has 29 heavy (non-hydrogen) atoms. The number of rotatable bonds is 4. The molecule has 1 aliphatic rings. The summed E-state index contributed by atoms with van der Waals surface area (Å²) in [4.78, 5) is 2.35. The summed E-state index contributed by atoms with van der Waals surface area (Å²) in [5.74, 6) is 1.75. The number of aromatic nitrogens is 4. The summed E-state index contributed by atoms with van der Waals surface area (Å²) in [6.07, 6.45) is 2.17. The van der Waals surface area contributed by atoms with Gasteiger partial charge >= 0.3 is 0 Å². The van der Waals surface area contributed by atoms with E-state index in [2.05, 4.69) is 51.6 Å². The number of aryl methyl sites for hydroxylation is 1. The minimum absolute atomic E-state index is 0.492. The van der Waals surface area contributed by atoms with E-state index in [1.54, 1.807) is 0 Å². The average Bonchev–Trinajstić information content (AvgIpc) is 3.18. The molecule has 0 amide bonds. The summed E-state index contributed by atoms with van der Waals surface area (Å²) < 4.78 is 1.85. The van der Waals surface area contributed by atoms with Crippen LogP contribution in [0.2, 0.25) is 0 Å². The Morgan fingerprint density at radius 2 is 1.72 bits per heavy atom. The van der Waals surface area contributed by atoms with Crippen LogP contribution in [0.15, 0.2) is 66.7 Å². The monoisotopic (exact) mass is 384 g/mol. The van der Waals surface area contributed by atoms with Gasteiger partial charge < -0.3 is 10.2 Å². The molecule has 0 saturated carbocycles. The van der Waals surface area contributed by atoms with Gasteiger partial charge in [-0.2, -0.15) is 4.52 Å². The molecule has 146 valence electrons. The highest BCUT2D eigenvalue weighted by Crippen LogP contribution is 2.23. The van der Waals surface area contributed by atoms with E-state index in [4.69, 9.17) is 5.10 Å². The highest BCUT2D eigenvalue weighted by atomic mass is 15.4. The molecule has 2 aromatic carbocycles. The molecule has 0 unspecified atom stereocenters. The molecule has 1 saturated heterocycles. The van der Waals surface area contributed by atoms with Crippen molar-refractivity contribution >= 4 is 17.2 Å². The summed E-state index contributed by atoms with van der Waals surface area (Å²) >= 11 is 0. The summed E-state index contributed by atoms with van der Waals surface area (Å²) in [6, 6.07) is 23.2. The molecule has 2 aromatic heterocycles. The van der Waals surface area contributed by atoms with Crippen molar-refractivity contribution in [1.29, 1.82) is 0 Å². The maximum absolute atomic E-state index is 4.85. The van der Waals surface area contributed by atoms with Crippen molar-refractivity contribution in [2.45, 2.75) is 25.8 Å². The van der Waals surface area contributed by atoms with E-state index in [-0.39, 0.29) is 0 Å². The molecule has 0 bridgehead atoms. The van der Waals surface area contributed by atoms with Gasteiger partial charge in [-0.15, -0.1) is 15.3 Å². The van der Waals surface area contributed by atoms with Crippen molar-refractivity contribution in [3.05, 3.63) is 72.3 Å². The predicted molar refractivity (Wildman–Crippen MR) is 116 cm³/mol. The Morgan fingerprint density at radius 1 is 0.897 bits per heavy atom. The van der Waals surface area contributed by atoms with Crippen molar-refractivity contribution < 1.29 is 0 Å². The maximum Gasteiger partial charge on any atom is 0.185 e. The zero-order chi connectivity index (χ0) is 19.6. The van der Waals surface area contributed by atoms with Crippen LogP contribution in [-0.2, 0) is 0 Å². The van der Waals surface area contributed by atoms with E-state index in [0.717, 1.165) is 48.8 Å². The van der Waals surface area contributed by atoms with E-state index < -0.39 is 0 Å². The minimum atomic E-state index is 0.492. The first-order valence-corrected chi connectivity index (χ1v) is 10.1. The van der Waals surface area contributed by atoms with Gasteiger partial charge in [-0.1, -0.05) is 42.5 Å². The lowest BCUT2D eigenvalue weighted by atomic mass is 10.0. The fraction of sp³-hybridized carbons (Fsp3) is 0.261. The van der Waals surface area contributed by atoms with Gasteiger partial charge in [0.05, 0.1) is 0 Å². The molecule has 0 atom stereocenters. The topological polar surface area (TPSA) is 58.3 Å². The fourth-order valence-corrected chi connectivity index (χ4v) is 3.94. The molecule has 0 radical (unpaired) electrons. The van der Waals surface area contributed by atoms with Gasteiger partial charge in [0, 0.05) is 30.4 Å². The Bertz CT molecular complexity index is 1110. The van der Waals surface area contributed by atoms with Crippen LogP contribution in [0.25, 0.3) is 17.0 Å². The molecule has 0 aliphatic carbocycles. The maximum atomic E-state index is 4.85. The van der Waals surface area contributed by atoms with E-state index in [0.29, 0.717) is 6.04 Å². The number of anilines is 2. The minimum Gasteiger partial charge on any atom is -0.382 e. The van der Waals surface area contributed by atoms with Crippen molar-refractivity contribution in [2.75, 3.05) is 23.3 Å². The number of nitrogens with one attached hydrogen (secondary N) is 1. The van der Waals surface area contributed by atoms with Crippen LogP contribution in [0, 0.1) is 6.92 Å². The Kier molecular flexibility index (Phi) is 4.60. The highest BCUT2D eigenvalue weighted by molar-refractivity contribution is 5.59. The standard InChI is InChI=1S/C23H24N6/c1-17-6-5-9-20(16-17)24-19-12-14-28(15-13-19)22-11-10-21-25-26-23(29(21)27-22)18-7-3-2-4-8-18/h2-11,16,19,24H,12-15H2,1H3. The van der Waals surface area contributed by atoms with E-state index in [9.17, 15) is 0 Å². The van der Waals surface area contributed by atoms with Crippen molar-refractivity contribution in [2.24, 2.45) is 0 Å². The normalized spacial score (nSPS) is 15.0. The number of nitrogens with zero attached hydrogens (tertiary/aromatic N) is 5. The third-order valence-corrected chi connectivity index (χ3v) is 5.49. The molecule has 1 aliphatic heterocycles. The van der Waals surface area contributed by atoms with Crippen LogP contribution in [-0.4, -0.2) is 38.9 Å². The van der Waals surface area contributed by atoms with E-state index in [1.807, 2.05) is 47.0 Å². The largest absolute Gasteiger partial charge is 0.382 e. The Labute approximate surface area is 170 Å². The number of fused-ring (bicyclic) bond motifs is 1. The van der Waals surface area contributed by atoms with Crippen LogP contribution in [0.4, 0.5) is 11.5 Å². The van der Waals surface area contributed by atoms with Crippen LogP contribution >= 0.6 is 0 Å². The highest BCUT2D eigenvalue weighted by Gasteiger charge is 2.21. The second-order valence-electron chi connectivity index (χ2n) is 7.63. The van der Waals surface area contributed by atoms with Gasteiger partial charge in [-0.05, 0) is 49.6 Å². The molecule has 0 spiro atoms. The van der Waals surface area contributed by atoms with Gasteiger partial charge in [0.2, 0.25) is 0 Å². The van der Waals surface area contributed by atoms with E-state index >= 15 is 0 Å². The second-order valence-corrected chi connectivity index (χ2v) is 7.63. The van der Waals surface area contributed by atoms with Crippen LogP contribution in [0.3, 0.4) is 0 Å². The number of hydrogen-bond acceptors (Lipinski definition) is 5. The van der Waals surface area contributed by atoms with E-state index in [1.165, 1.54) is 11.3 Å². The molecule has 3 heterocycles. The zero-order valence-electron chi connectivity index (χ0n) is 16.5. The summed E-state index contributed by atoms with van der Waals surface area (Å²) in [5.41, 5.74) is 4.28. The van der Waals surface area contributed by atoms with Gasteiger partial charge in [-0.25, -0.2) is 0 Å². The third-order valence-electron chi connectivity index (χ3n) is 5.49. The summed E-state index contributed by atoms with van der Waals surface area (Å²) in [6.45, 7) is 4.08. The van der Waals surface area contributed by atoms with Crippen LogP contribution < -0.4 is 10.2 Å². The van der Waals surface area contributed by atoms with Gasteiger partial charge in [0.25, 0.3) is 0 Å². The number of piperidine rings is 1. The lowest BCUT2D eigenvalue weighted by molar-refractivity contribution is 0.521. The lowest BCUT2D eigenvalue weighted by Gasteiger charge is -2.33. The van der Waals surface area contributed by atoms with Gasteiger partial charge in [0.15, 0.2) is 11.5 Å². The van der Waals surface area contributed by atoms with Gasteiger partial charge in [0.1, 0.15) is 5.82 Å². The third kappa shape index (κ3) is 3.66. The molecular formula is C23H24N6. The molecule has 1 fully saturated rings. The average molecular weight is 384 g/mol. The first-order chi connectivity index (χ1) is 14.3. The first-order valence-electron chi connectivity index (χ1n) is 10.1. The van der Waals surface area contributed by atoms with Crippen molar-refractivity contribution in [3.8, 4) is 11.4 Å². The quantitative estimate of drug-likeness (QED) is 0.572. The van der Waals surface area contributed by atoms with Gasteiger partial charge in [-0.3, -0.25) is 0 Å². The zero-order valence-corrected chi connectivity index (χ0v) is 16.5. The Hall–Kier alpha value is -3.41. The smallest absolute Gasteiger partial charge is 0.185 e. The summed E-state index contributed by atoms with van der Waals surface area (Å²) in [5, 5.41) is 17.1. The molecular weight excluding hydrogens is 360 g/mol. The van der Waals surface area contributed by atoms with Crippen molar-refractivity contribution in [1.82, 2.24) is 19.8 Å². The molecule has 6 nitrogen and oxygen atoms in total. The fourth-order valence-electron chi connectivity index (χ4n) is 3.94. The predicted octanol–water partition coefficient (Wildman–Crippen LogP) is 4.18. The molecule has 6 heteroatoms. The lowest BCUT2D eigenvalue weighted by Crippen LogP contribution is -2.39. The number of hydrogen-bond donors (Lipinski definition) is 1. The number of benzene rings is 2. The SMILES string of the molecule is Cc1cccc(NC2CCN(c3ccc4nnc(-c5ccccc5)n4n3)CC2)c1. The molecule has 1 N–H and O–H groups in total. The van der Waals surface area contributed by atoms with Crippen LogP contribution in [0.1, 0.15) is 18.4 Å². The first kappa shape index (κ1) is 17.7. The van der Waals surface area contributed by atoms with Crippen LogP contribution in [0.5, 0.6) is 0 Å².